The Morgan fingerprint density at radius 1 is 1.41 bits per heavy atom. The minimum Gasteiger partial charge on any atom is -0.501 e. The third kappa shape index (κ3) is 5.41. The Labute approximate surface area is 106 Å². The van der Waals surface area contributed by atoms with Crippen LogP contribution in [0.2, 0.25) is 0 Å². The third-order valence-corrected chi connectivity index (χ3v) is 2.98. The zero-order chi connectivity index (χ0) is 12.5. The standard InChI is InChI=1S/C14H16O2S/c1-3-16-10-9-12(2)11-17-14(15)13-7-5-4-6-8-13/h4-10H,2-3,11H2,1H3/b10-9-. The van der Waals surface area contributed by atoms with Crippen LogP contribution in [0.1, 0.15) is 17.3 Å². The number of allylic oxidation sites excluding steroid dienone is 1. The lowest BCUT2D eigenvalue weighted by atomic mass is 10.2. The molecule has 17 heavy (non-hydrogen) atoms. The summed E-state index contributed by atoms with van der Waals surface area (Å²) >= 11 is 1.25. The summed E-state index contributed by atoms with van der Waals surface area (Å²) in [5.41, 5.74) is 1.59. The first kappa shape index (κ1) is 13.6. The highest BCUT2D eigenvalue weighted by molar-refractivity contribution is 8.14. The second-order valence-electron chi connectivity index (χ2n) is 3.36. The maximum atomic E-state index is 11.7. The monoisotopic (exact) mass is 248 g/mol. The van der Waals surface area contributed by atoms with Crippen molar-refractivity contribution in [2.24, 2.45) is 0 Å². The molecule has 0 spiro atoms. The van der Waals surface area contributed by atoms with Crippen LogP contribution in [0, 0.1) is 0 Å². The summed E-state index contributed by atoms with van der Waals surface area (Å²) in [4.78, 5) is 11.7. The van der Waals surface area contributed by atoms with Crippen LogP contribution >= 0.6 is 11.8 Å². The number of hydrogen-bond donors (Lipinski definition) is 0. The summed E-state index contributed by atoms with van der Waals surface area (Å²) in [6.45, 7) is 6.41. The molecule has 0 aliphatic rings. The van der Waals surface area contributed by atoms with E-state index in [0.717, 1.165) is 11.1 Å². The summed E-state index contributed by atoms with van der Waals surface area (Å²) in [5, 5.41) is 0.0663. The first-order valence-electron chi connectivity index (χ1n) is 5.42. The van der Waals surface area contributed by atoms with E-state index in [1.165, 1.54) is 11.8 Å². The topological polar surface area (TPSA) is 26.3 Å². The highest BCUT2D eigenvalue weighted by Gasteiger charge is 2.05. The molecule has 2 nitrogen and oxygen atoms in total. The lowest BCUT2D eigenvalue weighted by Crippen LogP contribution is -1.95. The molecule has 0 bridgehead atoms. The molecular weight excluding hydrogens is 232 g/mol. The second kappa shape index (κ2) is 7.74. The van der Waals surface area contributed by atoms with Crippen molar-refractivity contribution < 1.29 is 9.53 Å². The minimum atomic E-state index is 0.0663. The molecule has 3 heteroatoms. The van der Waals surface area contributed by atoms with E-state index in [9.17, 15) is 4.79 Å². The molecule has 0 fully saturated rings. The summed E-state index contributed by atoms with van der Waals surface area (Å²) in [5.74, 6) is 0.581. The molecule has 1 rings (SSSR count). The van der Waals surface area contributed by atoms with Gasteiger partial charge < -0.3 is 4.74 Å². The smallest absolute Gasteiger partial charge is 0.219 e. The largest absolute Gasteiger partial charge is 0.501 e. The number of ether oxygens (including phenoxy) is 1. The van der Waals surface area contributed by atoms with E-state index in [-0.39, 0.29) is 5.12 Å². The number of carbonyl (C=O) groups excluding carboxylic acids is 1. The van der Waals surface area contributed by atoms with E-state index >= 15 is 0 Å². The van der Waals surface area contributed by atoms with Crippen LogP contribution in [-0.2, 0) is 4.74 Å². The summed E-state index contributed by atoms with van der Waals surface area (Å²) in [7, 11) is 0. The Bertz CT molecular complexity index is 396. The predicted molar refractivity (Wildman–Crippen MR) is 73.1 cm³/mol. The van der Waals surface area contributed by atoms with Gasteiger partial charge in [-0.3, -0.25) is 4.79 Å². The lowest BCUT2D eigenvalue weighted by molar-refractivity contribution is 0.108. The summed E-state index contributed by atoms with van der Waals surface area (Å²) in [6, 6.07) is 9.24. The average molecular weight is 248 g/mol. The number of rotatable bonds is 6. The van der Waals surface area contributed by atoms with Crippen molar-refractivity contribution in [1.29, 1.82) is 0 Å². The maximum Gasteiger partial charge on any atom is 0.219 e. The van der Waals surface area contributed by atoms with E-state index in [1.807, 2.05) is 37.3 Å². The van der Waals surface area contributed by atoms with Crippen LogP contribution in [0.5, 0.6) is 0 Å². The van der Waals surface area contributed by atoms with Crippen molar-refractivity contribution in [3.63, 3.8) is 0 Å². The molecule has 0 heterocycles. The molecule has 0 amide bonds. The molecule has 0 N–H and O–H groups in total. The molecular formula is C14H16O2S. The average Bonchev–Trinajstić information content (AvgIpc) is 2.37. The van der Waals surface area contributed by atoms with Gasteiger partial charge in [0.15, 0.2) is 0 Å². The minimum absolute atomic E-state index is 0.0663. The van der Waals surface area contributed by atoms with Crippen LogP contribution in [0.15, 0.2) is 54.8 Å². The fourth-order valence-corrected chi connectivity index (χ4v) is 1.82. The maximum absolute atomic E-state index is 11.7. The fourth-order valence-electron chi connectivity index (χ4n) is 1.10. The van der Waals surface area contributed by atoms with Crippen molar-refractivity contribution in [3.8, 4) is 0 Å². The quantitative estimate of drug-likeness (QED) is 0.567. The Morgan fingerprint density at radius 3 is 2.76 bits per heavy atom. The van der Waals surface area contributed by atoms with Crippen molar-refractivity contribution in [1.82, 2.24) is 0 Å². The van der Waals surface area contributed by atoms with Crippen LogP contribution in [0.4, 0.5) is 0 Å². The molecule has 0 saturated heterocycles. The predicted octanol–water partition coefficient (Wildman–Crippen LogP) is 3.67. The number of hydrogen-bond acceptors (Lipinski definition) is 3. The number of benzene rings is 1. The zero-order valence-corrected chi connectivity index (χ0v) is 10.7. The summed E-state index contributed by atoms with van der Waals surface area (Å²) in [6.07, 6.45) is 3.39. The summed E-state index contributed by atoms with van der Waals surface area (Å²) < 4.78 is 5.06. The van der Waals surface area contributed by atoms with Crippen molar-refractivity contribution in [2.75, 3.05) is 12.4 Å². The van der Waals surface area contributed by atoms with E-state index in [2.05, 4.69) is 6.58 Å². The van der Waals surface area contributed by atoms with Gasteiger partial charge in [0.25, 0.3) is 0 Å². The molecule has 0 aromatic heterocycles. The Hall–Kier alpha value is -1.48. The highest BCUT2D eigenvalue weighted by atomic mass is 32.2. The van der Waals surface area contributed by atoms with Gasteiger partial charge in [-0.1, -0.05) is 48.7 Å². The lowest BCUT2D eigenvalue weighted by Gasteiger charge is -2.01. The van der Waals surface area contributed by atoms with Gasteiger partial charge in [-0.05, 0) is 18.6 Å². The SMILES string of the molecule is C=C(/C=C\OCC)CSC(=O)c1ccccc1. The normalized spacial score (nSPS) is 10.4. The first-order valence-corrected chi connectivity index (χ1v) is 6.40. The molecule has 0 aliphatic heterocycles. The van der Waals surface area contributed by atoms with Gasteiger partial charge in [0, 0.05) is 11.3 Å². The van der Waals surface area contributed by atoms with E-state index < -0.39 is 0 Å². The van der Waals surface area contributed by atoms with Crippen molar-refractivity contribution in [3.05, 3.63) is 60.4 Å². The first-order chi connectivity index (χ1) is 8.24. The zero-order valence-electron chi connectivity index (χ0n) is 9.89. The molecule has 0 radical (unpaired) electrons. The second-order valence-corrected chi connectivity index (χ2v) is 4.31. The van der Waals surface area contributed by atoms with Gasteiger partial charge in [0.2, 0.25) is 5.12 Å². The van der Waals surface area contributed by atoms with Gasteiger partial charge in [0.05, 0.1) is 12.9 Å². The van der Waals surface area contributed by atoms with Gasteiger partial charge in [-0.15, -0.1) is 0 Å². The van der Waals surface area contributed by atoms with Crippen LogP contribution in [0.3, 0.4) is 0 Å². The molecule has 0 aliphatic carbocycles. The van der Waals surface area contributed by atoms with Gasteiger partial charge in [0.1, 0.15) is 0 Å². The van der Waals surface area contributed by atoms with E-state index in [4.69, 9.17) is 4.74 Å². The highest BCUT2D eigenvalue weighted by Crippen LogP contribution is 2.15. The third-order valence-electron chi connectivity index (χ3n) is 1.96. The Kier molecular flexibility index (Phi) is 6.18. The molecule has 1 aromatic carbocycles. The van der Waals surface area contributed by atoms with Crippen molar-refractivity contribution in [2.45, 2.75) is 6.92 Å². The van der Waals surface area contributed by atoms with E-state index in [0.29, 0.717) is 12.4 Å². The van der Waals surface area contributed by atoms with Crippen LogP contribution < -0.4 is 0 Å². The van der Waals surface area contributed by atoms with Crippen molar-refractivity contribution >= 4 is 16.9 Å². The molecule has 0 saturated carbocycles. The fraction of sp³-hybridized carbons (Fsp3) is 0.214. The van der Waals surface area contributed by atoms with E-state index in [1.54, 1.807) is 12.3 Å². The molecule has 0 unspecified atom stereocenters. The van der Waals surface area contributed by atoms with Gasteiger partial charge in [-0.25, -0.2) is 0 Å². The molecule has 1 aromatic rings. The van der Waals surface area contributed by atoms with Gasteiger partial charge in [-0.2, -0.15) is 0 Å². The van der Waals surface area contributed by atoms with Gasteiger partial charge >= 0.3 is 0 Å². The number of carbonyl (C=O) groups is 1. The number of thioether (sulfide) groups is 1. The Morgan fingerprint density at radius 2 is 2.12 bits per heavy atom. The molecule has 90 valence electrons. The Balaban J connectivity index is 2.36. The van der Waals surface area contributed by atoms with Crippen LogP contribution in [0.25, 0.3) is 0 Å². The molecule has 0 atom stereocenters. The van der Waals surface area contributed by atoms with Crippen LogP contribution in [-0.4, -0.2) is 17.5 Å².